The van der Waals surface area contributed by atoms with Gasteiger partial charge in [0.1, 0.15) is 0 Å². The smallest absolute Gasteiger partial charge is 0.194 e. The molecule has 0 aliphatic heterocycles. The van der Waals surface area contributed by atoms with Gasteiger partial charge in [0.25, 0.3) is 0 Å². The second-order valence-corrected chi connectivity index (χ2v) is 4.18. The van der Waals surface area contributed by atoms with Gasteiger partial charge in [-0.05, 0) is 37.2 Å². The molecule has 1 rings (SSSR count). The lowest BCUT2D eigenvalue weighted by molar-refractivity contribution is 0.211. The normalized spacial score (nSPS) is 13.1. The lowest BCUT2D eigenvalue weighted by atomic mass is 10.0. The topological polar surface area (TPSA) is 29.3 Å². The van der Waals surface area contributed by atoms with Gasteiger partial charge in [0.15, 0.2) is 17.5 Å². The van der Waals surface area contributed by atoms with E-state index in [0.717, 1.165) is 31.6 Å². The Bertz CT molecular complexity index is 373. The molecule has 0 aromatic heterocycles. The van der Waals surface area contributed by atoms with Crippen LogP contribution in [0.25, 0.3) is 0 Å². The molecular formula is C13H19F3N2. The second-order valence-electron chi connectivity index (χ2n) is 4.18. The fraction of sp³-hybridized carbons (Fsp3) is 0.538. The highest BCUT2D eigenvalue weighted by atomic mass is 19.2. The molecule has 0 aliphatic rings. The summed E-state index contributed by atoms with van der Waals surface area (Å²) in [5.74, 6) is -3.78. The molecule has 5 heteroatoms. The van der Waals surface area contributed by atoms with Crippen molar-refractivity contribution in [2.24, 2.45) is 5.73 Å². The molecule has 0 saturated carbocycles. The Morgan fingerprint density at radius 3 is 2.11 bits per heavy atom. The predicted octanol–water partition coefficient (Wildman–Crippen LogP) is 2.84. The molecule has 18 heavy (non-hydrogen) atoms. The molecule has 1 unspecified atom stereocenters. The number of benzene rings is 1. The maximum atomic E-state index is 13.2. The molecule has 0 radical (unpaired) electrons. The molecule has 2 nitrogen and oxygen atoms in total. The van der Waals surface area contributed by atoms with Gasteiger partial charge in [-0.1, -0.05) is 13.8 Å². The van der Waals surface area contributed by atoms with Crippen LogP contribution >= 0.6 is 0 Å². The molecule has 0 amide bonds. The van der Waals surface area contributed by atoms with E-state index in [9.17, 15) is 13.2 Å². The van der Waals surface area contributed by atoms with E-state index >= 15 is 0 Å². The summed E-state index contributed by atoms with van der Waals surface area (Å²) in [5, 5.41) is 0. The van der Waals surface area contributed by atoms with E-state index in [2.05, 4.69) is 0 Å². The molecule has 1 aromatic carbocycles. The third kappa shape index (κ3) is 3.23. The Morgan fingerprint density at radius 1 is 1.17 bits per heavy atom. The maximum Gasteiger partial charge on any atom is 0.194 e. The van der Waals surface area contributed by atoms with Crippen LogP contribution in [0, 0.1) is 17.5 Å². The minimum Gasteiger partial charge on any atom is -0.329 e. The highest BCUT2D eigenvalue weighted by molar-refractivity contribution is 5.23. The monoisotopic (exact) mass is 260 g/mol. The maximum absolute atomic E-state index is 13.2. The van der Waals surface area contributed by atoms with Crippen LogP contribution in [0.15, 0.2) is 12.1 Å². The molecule has 0 spiro atoms. The standard InChI is InChI=1S/C13H19F3N2/c1-3-5-18(4-2)12(8-17)9-6-10(14)13(16)11(15)7-9/h6-7,12H,3-5,8,17H2,1-2H3. The lowest BCUT2D eigenvalue weighted by Gasteiger charge is -2.29. The van der Waals surface area contributed by atoms with Crippen molar-refractivity contribution in [1.82, 2.24) is 4.90 Å². The lowest BCUT2D eigenvalue weighted by Crippen LogP contribution is -2.34. The van der Waals surface area contributed by atoms with Crippen LogP contribution in [-0.4, -0.2) is 24.5 Å². The Hall–Kier alpha value is -1.07. The molecule has 1 atom stereocenters. The van der Waals surface area contributed by atoms with Crippen molar-refractivity contribution in [1.29, 1.82) is 0 Å². The van der Waals surface area contributed by atoms with E-state index in [1.54, 1.807) is 0 Å². The van der Waals surface area contributed by atoms with Crippen LogP contribution in [0.4, 0.5) is 13.2 Å². The molecule has 0 aliphatic carbocycles. The van der Waals surface area contributed by atoms with Gasteiger partial charge in [-0.3, -0.25) is 4.90 Å². The predicted molar refractivity (Wildman–Crippen MR) is 65.6 cm³/mol. The molecule has 0 bridgehead atoms. The van der Waals surface area contributed by atoms with Gasteiger partial charge in [-0.15, -0.1) is 0 Å². The van der Waals surface area contributed by atoms with Crippen LogP contribution in [-0.2, 0) is 0 Å². The van der Waals surface area contributed by atoms with Gasteiger partial charge in [0.2, 0.25) is 0 Å². The van der Waals surface area contributed by atoms with Crippen molar-refractivity contribution in [3.05, 3.63) is 35.1 Å². The zero-order valence-corrected chi connectivity index (χ0v) is 10.7. The number of likely N-dealkylation sites (N-methyl/N-ethyl adjacent to an activating group) is 1. The summed E-state index contributed by atoms with van der Waals surface area (Å²) in [4.78, 5) is 2.02. The summed E-state index contributed by atoms with van der Waals surface area (Å²) in [7, 11) is 0. The Labute approximate surface area is 106 Å². The average Bonchev–Trinajstić information content (AvgIpc) is 2.35. The van der Waals surface area contributed by atoms with Gasteiger partial charge in [-0.2, -0.15) is 0 Å². The molecular weight excluding hydrogens is 241 g/mol. The van der Waals surface area contributed by atoms with Crippen molar-refractivity contribution in [3.63, 3.8) is 0 Å². The number of nitrogens with two attached hydrogens (primary N) is 1. The fourth-order valence-corrected chi connectivity index (χ4v) is 2.09. The minimum absolute atomic E-state index is 0.234. The summed E-state index contributed by atoms with van der Waals surface area (Å²) in [5.41, 5.74) is 6.05. The second kappa shape index (κ2) is 6.75. The first-order valence-electron chi connectivity index (χ1n) is 6.13. The summed E-state index contributed by atoms with van der Waals surface area (Å²) in [6.45, 7) is 5.70. The first kappa shape index (κ1) is 15.0. The van der Waals surface area contributed by atoms with Crippen LogP contribution in [0.1, 0.15) is 31.9 Å². The van der Waals surface area contributed by atoms with E-state index in [1.807, 2.05) is 18.7 Å². The first-order chi connectivity index (χ1) is 8.54. The van der Waals surface area contributed by atoms with Crippen LogP contribution in [0.3, 0.4) is 0 Å². The summed E-state index contributed by atoms with van der Waals surface area (Å²) in [6, 6.07) is 1.75. The van der Waals surface area contributed by atoms with E-state index in [0.29, 0.717) is 5.56 Å². The Kier molecular flexibility index (Phi) is 5.62. The summed E-state index contributed by atoms with van der Waals surface area (Å²) < 4.78 is 39.3. The highest BCUT2D eigenvalue weighted by Crippen LogP contribution is 2.23. The van der Waals surface area contributed by atoms with Crippen molar-refractivity contribution in [2.45, 2.75) is 26.3 Å². The number of hydrogen-bond donors (Lipinski definition) is 1. The van der Waals surface area contributed by atoms with Gasteiger partial charge >= 0.3 is 0 Å². The molecule has 2 N–H and O–H groups in total. The first-order valence-corrected chi connectivity index (χ1v) is 6.13. The zero-order chi connectivity index (χ0) is 13.7. The molecule has 0 heterocycles. The largest absolute Gasteiger partial charge is 0.329 e. The number of rotatable bonds is 6. The Morgan fingerprint density at radius 2 is 1.72 bits per heavy atom. The number of hydrogen-bond acceptors (Lipinski definition) is 2. The van der Waals surface area contributed by atoms with Crippen LogP contribution in [0.2, 0.25) is 0 Å². The molecule has 0 saturated heterocycles. The van der Waals surface area contributed by atoms with E-state index in [-0.39, 0.29) is 12.6 Å². The summed E-state index contributed by atoms with van der Waals surface area (Å²) in [6.07, 6.45) is 0.913. The molecule has 102 valence electrons. The van der Waals surface area contributed by atoms with E-state index in [1.165, 1.54) is 0 Å². The van der Waals surface area contributed by atoms with E-state index < -0.39 is 17.5 Å². The number of nitrogens with zero attached hydrogens (tertiary/aromatic N) is 1. The Balaban J connectivity index is 3.08. The third-order valence-corrected chi connectivity index (χ3v) is 2.97. The average molecular weight is 260 g/mol. The van der Waals surface area contributed by atoms with Crippen molar-refractivity contribution in [3.8, 4) is 0 Å². The molecule has 0 fully saturated rings. The quantitative estimate of drug-likeness (QED) is 0.797. The van der Waals surface area contributed by atoms with Crippen LogP contribution in [0.5, 0.6) is 0 Å². The van der Waals surface area contributed by atoms with Crippen molar-refractivity contribution in [2.75, 3.05) is 19.6 Å². The number of halogens is 3. The fourth-order valence-electron chi connectivity index (χ4n) is 2.09. The van der Waals surface area contributed by atoms with Gasteiger partial charge < -0.3 is 5.73 Å². The minimum atomic E-state index is -1.44. The van der Waals surface area contributed by atoms with E-state index in [4.69, 9.17) is 5.73 Å². The van der Waals surface area contributed by atoms with Crippen LogP contribution < -0.4 is 5.73 Å². The third-order valence-electron chi connectivity index (χ3n) is 2.97. The SMILES string of the molecule is CCCN(CC)C(CN)c1cc(F)c(F)c(F)c1. The van der Waals surface area contributed by atoms with Crippen molar-refractivity contribution < 1.29 is 13.2 Å². The van der Waals surface area contributed by atoms with Gasteiger partial charge in [-0.25, -0.2) is 13.2 Å². The van der Waals surface area contributed by atoms with Gasteiger partial charge in [0.05, 0.1) is 0 Å². The molecule has 1 aromatic rings. The highest BCUT2D eigenvalue weighted by Gasteiger charge is 2.20. The van der Waals surface area contributed by atoms with Crippen molar-refractivity contribution >= 4 is 0 Å². The summed E-state index contributed by atoms with van der Waals surface area (Å²) >= 11 is 0. The van der Waals surface area contributed by atoms with Gasteiger partial charge in [0, 0.05) is 12.6 Å². The zero-order valence-electron chi connectivity index (χ0n) is 10.7.